The Balaban J connectivity index is 1.43. The van der Waals surface area contributed by atoms with E-state index in [9.17, 15) is 57.9 Å². The summed E-state index contributed by atoms with van der Waals surface area (Å²) in [4.78, 5) is 87.7. The first-order chi connectivity index (χ1) is 27.6. The maximum Gasteiger partial charge on any atom is 0.481 e. The van der Waals surface area contributed by atoms with E-state index in [0.717, 1.165) is 54.7 Å². The van der Waals surface area contributed by atoms with E-state index in [2.05, 4.69) is 53.5 Å². The van der Waals surface area contributed by atoms with Crippen molar-refractivity contribution in [2.24, 2.45) is 5.41 Å². The first-order valence-electron chi connectivity index (χ1n) is 17.9. The van der Waals surface area contributed by atoms with Gasteiger partial charge in [0.25, 0.3) is 0 Å². The van der Waals surface area contributed by atoms with Crippen LogP contribution in [-0.2, 0) is 50.7 Å². The molecule has 0 aliphatic carbocycles. The molecule has 3 rings (SSSR count). The van der Waals surface area contributed by atoms with Crippen LogP contribution in [0.15, 0.2) is 37.0 Å². The molecule has 0 saturated carbocycles. The van der Waals surface area contributed by atoms with Crippen LogP contribution in [0.5, 0.6) is 0 Å². The van der Waals surface area contributed by atoms with Gasteiger partial charge >= 0.3 is 23.5 Å². The molecule has 1 saturated heterocycles. The van der Waals surface area contributed by atoms with Crippen molar-refractivity contribution in [2.45, 2.75) is 83.5 Å². The van der Waals surface area contributed by atoms with Gasteiger partial charge in [-0.15, -0.1) is 0 Å². The molecule has 332 valence electrons. The van der Waals surface area contributed by atoms with Crippen molar-refractivity contribution >= 4 is 69.1 Å². The highest BCUT2D eigenvalue weighted by Crippen LogP contribution is 2.61. The number of phosphoric ester groups is 3. The Kier molecular flexibility index (Phi) is 19.4. The molecule has 7 atom stereocenters. The van der Waals surface area contributed by atoms with E-state index >= 15 is 0 Å². The number of nitrogens with one attached hydrogen (secondary N) is 2. The summed E-state index contributed by atoms with van der Waals surface area (Å²) in [5.74, 6) is -1.13. The van der Waals surface area contributed by atoms with E-state index in [-0.39, 0.29) is 41.6 Å². The van der Waals surface area contributed by atoms with Crippen LogP contribution in [0.25, 0.3) is 11.2 Å². The second kappa shape index (κ2) is 22.8. The average Bonchev–Trinajstić information content (AvgIpc) is 3.71. The predicted molar refractivity (Wildman–Crippen MR) is 210 cm³/mol. The fraction of sp³-hybridized carbons (Fsp3) is 0.613. The summed E-state index contributed by atoms with van der Waals surface area (Å²) in [6.07, 6.45) is 4.21. The molecule has 7 unspecified atom stereocenters. The van der Waals surface area contributed by atoms with Gasteiger partial charge in [0.1, 0.15) is 36.3 Å². The van der Waals surface area contributed by atoms with Crippen LogP contribution >= 0.6 is 35.2 Å². The van der Waals surface area contributed by atoms with Gasteiger partial charge in [-0.25, -0.2) is 28.6 Å². The number of aromatic nitrogens is 4. The number of amides is 2. The zero-order valence-electron chi connectivity index (χ0n) is 32.2. The highest BCUT2D eigenvalue weighted by molar-refractivity contribution is 8.14. The van der Waals surface area contributed by atoms with Gasteiger partial charge in [0.05, 0.1) is 19.5 Å². The zero-order valence-corrected chi connectivity index (χ0v) is 35.7. The summed E-state index contributed by atoms with van der Waals surface area (Å²) >= 11 is 1.04. The van der Waals surface area contributed by atoms with Crippen LogP contribution < -0.4 is 16.4 Å². The molecule has 2 amide bonds. The van der Waals surface area contributed by atoms with Crippen molar-refractivity contribution in [1.82, 2.24) is 30.2 Å². The van der Waals surface area contributed by atoms with Crippen LogP contribution in [-0.4, -0.2) is 123 Å². The second-order valence-electron chi connectivity index (χ2n) is 13.5. The molecule has 0 bridgehead atoms. The number of aliphatic hydroxyl groups excluding tert-OH is 2. The number of carbonyl (C=O) groups excluding carboxylic acids is 3. The number of nitrogen functional groups attached to an aromatic ring is 1. The fourth-order valence-corrected chi connectivity index (χ4v) is 8.53. The van der Waals surface area contributed by atoms with Gasteiger partial charge in [0, 0.05) is 30.7 Å². The molecule has 10 N–H and O–H groups in total. The number of allylic oxidation sites excluding steroid dienone is 3. The Hall–Kier alpha value is -2.96. The summed E-state index contributed by atoms with van der Waals surface area (Å²) in [5.41, 5.74) is 4.26. The van der Waals surface area contributed by atoms with Gasteiger partial charge in [0.15, 0.2) is 17.7 Å². The standard InChI is InChI=1S/C31H50N7O17P3S/c1-4-5-6-7-8-9-10-11-22(40)59-15-14-33-21(39)12-13-34-29(43)26(42)31(2,3)17-52-58(49,50)55-57(47,48)51-16-20-25(54-56(44,45)46)24(41)30(53-20)38-19-37-23-27(32)35-18-36-28(23)38/h6-7,10-11,18-20,24-26,30,41-42H,4-5,8-9,12-17H2,1-3H3,(H,33,39)(H,34,43)(H,47,48)(H,49,50)(H2,32,35,36)(H2,44,45,46)/b7-6+,11-10+. The number of hydrogen-bond donors (Lipinski definition) is 9. The van der Waals surface area contributed by atoms with Crippen molar-refractivity contribution in [1.29, 1.82) is 0 Å². The third-order valence-electron chi connectivity index (χ3n) is 8.12. The molecule has 1 fully saturated rings. The molecule has 0 aromatic carbocycles. The number of nitrogens with zero attached hydrogens (tertiary/aromatic N) is 4. The van der Waals surface area contributed by atoms with Gasteiger partial charge in [-0.2, -0.15) is 4.31 Å². The number of phosphoric acid groups is 3. The molecule has 24 nitrogen and oxygen atoms in total. The van der Waals surface area contributed by atoms with Crippen molar-refractivity contribution in [3.63, 3.8) is 0 Å². The SMILES string of the molecule is CCC/C=C/CC/C=C/C(=O)SCCNC(=O)CCNC(=O)C(O)C(C)(C)COP(=O)(O)OP(=O)(O)OCC1OC(n2cnc3c(N)ncnc32)C(O)C1OP(=O)(O)O. The Labute approximate surface area is 342 Å². The number of fused-ring (bicyclic) bond motifs is 1. The monoisotopic (exact) mass is 917 g/mol. The molecule has 0 spiro atoms. The third-order valence-corrected chi connectivity index (χ3v) is 12.1. The van der Waals surface area contributed by atoms with Crippen LogP contribution in [0.1, 0.15) is 59.1 Å². The molecule has 2 aromatic heterocycles. The van der Waals surface area contributed by atoms with Crippen molar-refractivity contribution in [3.8, 4) is 0 Å². The highest BCUT2D eigenvalue weighted by Gasteiger charge is 2.50. The number of unbranched alkanes of at least 4 members (excludes halogenated alkanes) is 2. The number of carbonyl (C=O) groups is 3. The smallest absolute Gasteiger partial charge is 0.386 e. The largest absolute Gasteiger partial charge is 0.481 e. The van der Waals surface area contributed by atoms with E-state index in [1.54, 1.807) is 6.08 Å². The summed E-state index contributed by atoms with van der Waals surface area (Å²) in [7, 11) is -16.4. The molecule has 59 heavy (non-hydrogen) atoms. The average molecular weight is 918 g/mol. The number of aliphatic hydroxyl groups is 2. The highest BCUT2D eigenvalue weighted by atomic mass is 32.2. The second-order valence-corrected chi connectivity index (χ2v) is 18.8. The van der Waals surface area contributed by atoms with E-state index in [4.69, 9.17) is 19.5 Å². The number of thioether (sulfide) groups is 1. The molecular formula is C31H50N7O17P3S. The Morgan fingerprint density at radius 1 is 1.02 bits per heavy atom. The number of imidazole rings is 1. The lowest BCUT2D eigenvalue weighted by molar-refractivity contribution is -0.137. The van der Waals surface area contributed by atoms with Crippen LogP contribution in [0.3, 0.4) is 0 Å². The van der Waals surface area contributed by atoms with Crippen LogP contribution in [0.4, 0.5) is 5.82 Å². The van der Waals surface area contributed by atoms with Crippen LogP contribution in [0, 0.1) is 5.41 Å². The normalized spacial score (nSPS) is 21.4. The Bertz CT molecular complexity index is 1950. The van der Waals surface area contributed by atoms with E-state index in [0.29, 0.717) is 5.75 Å². The van der Waals surface area contributed by atoms with E-state index in [1.165, 1.54) is 19.9 Å². The summed E-state index contributed by atoms with van der Waals surface area (Å²) in [6, 6.07) is 0. The predicted octanol–water partition coefficient (Wildman–Crippen LogP) is 1.36. The molecule has 2 aromatic rings. The zero-order chi connectivity index (χ0) is 44.0. The topological polar surface area (TPSA) is 364 Å². The van der Waals surface area contributed by atoms with Gasteiger partial charge in [-0.05, 0) is 25.3 Å². The molecule has 1 aliphatic rings. The van der Waals surface area contributed by atoms with Crippen molar-refractivity contribution in [3.05, 3.63) is 37.0 Å². The van der Waals surface area contributed by atoms with Crippen LogP contribution in [0.2, 0.25) is 0 Å². The van der Waals surface area contributed by atoms with E-state index in [1.807, 2.05) is 0 Å². The fourth-order valence-electron chi connectivity index (χ4n) is 5.10. The molecular weight excluding hydrogens is 867 g/mol. The minimum Gasteiger partial charge on any atom is -0.386 e. The quantitative estimate of drug-likeness (QED) is 0.0294. The lowest BCUT2D eigenvalue weighted by Gasteiger charge is -2.30. The summed E-state index contributed by atoms with van der Waals surface area (Å²) in [5, 5.41) is 26.3. The lowest BCUT2D eigenvalue weighted by Crippen LogP contribution is -2.46. The van der Waals surface area contributed by atoms with E-state index < -0.39 is 84.6 Å². The van der Waals surface area contributed by atoms with Gasteiger partial charge < -0.3 is 50.9 Å². The first-order valence-corrected chi connectivity index (χ1v) is 23.4. The molecule has 0 radical (unpaired) electrons. The van der Waals surface area contributed by atoms with Gasteiger partial charge in [-0.1, -0.05) is 57.2 Å². The summed E-state index contributed by atoms with van der Waals surface area (Å²) in [6.45, 7) is 2.57. The minimum absolute atomic E-state index is 0.0302. The number of anilines is 1. The molecule has 3 heterocycles. The number of hydrogen-bond acceptors (Lipinski definition) is 18. The molecule has 28 heteroatoms. The number of ether oxygens (including phenoxy) is 1. The number of nitrogens with two attached hydrogens (primary N) is 1. The maximum atomic E-state index is 12.7. The molecule has 1 aliphatic heterocycles. The Morgan fingerprint density at radius 3 is 2.39 bits per heavy atom. The first kappa shape index (κ1) is 50.4. The maximum absolute atomic E-state index is 12.7. The Morgan fingerprint density at radius 2 is 1.69 bits per heavy atom. The van der Waals surface area contributed by atoms with Crippen molar-refractivity contribution in [2.75, 3.05) is 37.8 Å². The van der Waals surface area contributed by atoms with Gasteiger partial charge in [0.2, 0.25) is 16.9 Å². The van der Waals surface area contributed by atoms with Gasteiger partial charge in [-0.3, -0.25) is 32.5 Å². The lowest BCUT2D eigenvalue weighted by atomic mass is 9.87. The summed E-state index contributed by atoms with van der Waals surface area (Å²) < 4.78 is 62.2. The third kappa shape index (κ3) is 16.8. The minimum atomic E-state index is -5.57. The van der Waals surface area contributed by atoms with Crippen molar-refractivity contribution < 1.29 is 80.5 Å². The number of rotatable bonds is 25.